The van der Waals surface area contributed by atoms with Crippen LogP contribution in [0.2, 0.25) is 0 Å². The molecule has 1 heterocycles. The molecule has 2 aromatic carbocycles. The van der Waals surface area contributed by atoms with E-state index < -0.39 is 11.8 Å². The zero-order chi connectivity index (χ0) is 19.2. The largest absolute Gasteiger partial charge is 0.496 e. The average molecular weight is 365 g/mol. The number of nitrogens with two attached hydrogens (primary N) is 1. The van der Waals surface area contributed by atoms with E-state index >= 15 is 0 Å². The third-order valence-electron chi connectivity index (χ3n) is 4.38. The Hall–Kier alpha value is -3.28. The number of aromatic amines is 1. The molecule has 3 aromatic rings. The zero-order valence-electron chi connectivity index (χ0n) is 15.4. The van der Waals surface area contributed by atoms with Gasteiger partial charge in [0.15, 0.2) is 0 Å². The second kappa shape index (κ2) is 8.40. The number of hydrogen-bond acceptors (Lipinski definition) is 4. The molecule has 0 spiro atoms. The number of ether oxygens (including phenoxy) is 2. The molecule has 1 unspecified atom stereocenters. The summed E-state index contributed by atoms with van der Waals surface area (Å²) in [6.07, 6.45) is 0.794. The number of benzene rings is 2. The minimum Gasteiger partial charge on any atom is -0.496 e. The standard InChI is InChI=1S/C21H23N3O3/c1-3-15-11-18(24-23-15)20(21(22)25)17-10-9-16(12-19(17)26-2)27-13-14-7-5-4-6-8-14/h4-12,20H,3,13H2,1-2H3,(H2,22,25)(H,23,24). The molecule has 0 fully saturated rings. The number of aryl methyl sites for hydroxylation is 1. The van der Waals surface area contributed by atoms with E-state index in [4.69, 9.17) is 15.2 Å². The Morgan fingerprint density at radius 2 is 1.96 bits per heavy atom. The van der Waals surface area contributed by atoms with Gasteiger partial charge >= 0.3 is 0 Å². The number of nitrogens with zero attached hydrogens (tertiary/aromatic N) is 1. The maximum atomic E-state index is 12.1. The normalized spacial score (nSPS) is 11.8. The van der Waals surface area contributed by atoms with Crippen molar-refractivity contribution in [3.05, 3.63) is 77.1 Å². The van der Waals surface area contributed by atoms with E-state index in [1.54, 1.807) is 19.2 Å². The van der Waals surface area contributed by atoms with Gasteiger partial charge in [0.1, 0.15) is 24.0 Å². The monoisotopic (exact) mass is 365 g/mol. The molecule has 1 aromatic heterocycles. The van der Waals surface area contributed by atoms with Crippen molar-refractivity contribution in [2.24, 2.45) is 5.73 Å². The molecule has 140 valence electrons. The van der Waals surface area contributed by atoms with Crippen LogP contribution in [0.3, 0.4) is 0 Å². The maximum Gasteiger partial charge on any atom is 0.231 e. The maximum absolute atomic E-state index is 12.1. The number of aromatic nitrogens is 2. The lowest BCUT2D eigenvalue weighted by Gasteiger charge is -2.16. The minimum atomic E-state index is -0.695. The fourth-order valence-corrected chi connectivity index (χ4v) is 2.93. The summed E-state index contributed by atoms with van der Waals surface area (Å²) in [5.41, 5.74) is 8.92. The molecule has 0 saturated carbocycles. The highest BCUT2D eigenvalue weighted by atomic mass is 16.5. The predicted molar refractivity (Wildman–Crippen MR) is 103 cm³/mol. The number of primary amides is 1. The molecule has 27 heavy (non-hydrogen) atoms. The Morgan fingerprint density at radius 1 is 1.19 bits per heavy atom. The van der Waals surface area contributed by atoms with Crippen LogP contribution in [0, 0.1) is 0 Å². The molecule has 6 nitrogen and oxygen atoms in total. The smallest absolute Gasteiger partial charge is 0.231 e. The lowest BCUT2D eigenvalue weighted by atomic mass is 9.93. The first-order valence-electron chi connectivity index (χ1n) is 8.80. The molecule has 6 heteroatoms. The molecule has 3 rings (SSSR count). The van der Waals surface area contributed by atoms with Crippen molar-refractivity contribution in [3.63, 3.8) is 0 Å². The molecule has 0 bridgehead atoms. The first-order valence-corrected chi connectivity index (χ1v) is 8.80. The van der Waals surface area contributed by atoms with Gasteiger partial charge in [0.05, 0.1) is 12.8 Å². The van der Waals surface area contributed by atoms with Gasteiger partial charge in [-0.15, -0.1) is 0 Å². The van der Waals surface area contributed by atoms with E-state index in [0.29, 0.717) is 29.4 Å². The van der Waals surface area contributed by atoms with Gasteiger partial charge in [-0.2, -0.15) is 5.10 Å². The van der Waals surface area contributed by atoms with Crippen molar-refractivity contribution in [2.45, 2.75) is 25.9 Å². The summed E-state index contributed by atoms with van der Waals surface area (Å²) >= 11 is 0. The van der Waals surface area contributed by atoms with Gasteiger partial charge in [-0.1, -0.05) is 43.3 Å². The quantitative estimate of drug-likeness (QED) is 0.641. The summed E-state index contributed by atoms with van der Waals surface area (Å²) in [6.45, 7) is 2.46. The number of amides is 1. The summed E-state index contributed by atoms with van der Waals surface area (Å²) in [5.74, 6) is 0.00411. The van der Waals surface area contributed by atoms with E-state index in [-0.39, 0.29) is 0 Å². The molecule has 1 amide bonds. The molecule has 0 saturated heterocycles. The third kappa shape index (κ3) is 4.28. The highest BCUT2D eigenvalue weighted by molar-refractivity contribution is 5.86. The number of rotatable bonds is 8. The number of methoxy groups -OCH3 is 1. The molecule has 0 aliphatic carbocycles. The molecule has 0 radical (unpaired) electrons. The first-order chi connectivity index (χ1) is 13.1. The first kappa shape index (κ1) is 18.5. The topological polar surface area (TPSA) is 90.2 Å². The molecular weight excluding hydrogens is 342 g/mol. The molecule has 0 aliphatic heterocycles. The van der Waals surface area contributed by atoms with Crippen LogP contribution >= 0.6 is 0 Å². The summed E-state index contributed by atoms with van der Waals surface area (Å²) in [4.78, 5) is 12.1. The Balaban J connectivity index is 1.86. The number of carbonyl (C=O) groups excluding carboxylic acids is 1. The van der Waals surface area contributed by atoms with Gasteiger partial charge in [0.25, 0.3) is 0 Å². The van der Waals surface area contributed by atoms with E-state index in [1.807, 2.05) is 49.4 Å². The van der Waals surface area contributed by atoms with Crippen molar-refractivity contribution in [2.75, 3.05) is 7.11 Å². The van der Waals surface area contributed by atoms with E-state index in [2.05, 4.69) is 10.2 Å². The van der Waals surface area contributed by atoms with E-state index in [9.17, 15) is 4.79 Å². The number of H-pyrrole nitrogens is 1. The number of hydrogen-bond donors (Lipinski definition) is 2. The van der Waals surface area contributed by atoms with E-state index in [0.717, 1.165) is 17.7 Å². The molecule has 0 aliphatic rings. The highest BCUT2D eigenvalue weighted by Crippen LogP contribution is 2.34. The fourth-order valence-electron chi connectivity index (χ4n) is 2.93. The fraction of sp³-hybridized carbons (Fsp3) is 0.238. The van der Waals surface area contributed by atoms with Crippen LogP contribution in [0.15, 0.2) is 54.6 Å². The Kier molecular flexibility index (Phi) is 5.76. The van der Waals surface area contributed by atoms with Gasteiger partial charge in [-0.25, -0.2) is 0 Å². The van der Waals surface area contributed by atoms with Gasteiger partial charge < -0.3 is 15.2 Å². The zero-order valence-corrected chi connectivity index (χ0v) is 15.4. The highest BCUT2D eigenvalue weighted by Gasteiger charge is 2.26. The molecule has 3 N–H and O–H groups in total. The van der Waals surface area contributed by atoms with Crippen LogP contribution in [0.1, 0.15) is 35.4 Å². The Bertz CT molecular complexity index is 906. The van der Waals surface area contributed by atoms with Crippen molar-refractivity contribution in [3.8, 4) is 11.5 Å². The van der Waals surface area contributed by atoms with Crippen molar-refractivity contribution in [1.29, 1.82) is 0 Å². The Labute approximate surface area is 158 Å². The van der Waals surface area contributed by atoms with Crippen LogP contribution in [0.4, 0.5) is 0 Å². The summed E-state index contributed by atoms with van der Waals surface area (Å²) in [5, 5.41) is 7.17. The van der Waals surface area contributed by atoms with Crippen LogP contribution in [0.5, 0.6) is 11.5 Å². The molecule has 1 atom stereocenters. The van der Waals surface area contributed by atoms with Crippen LogP contribution in [0.25, 0.3) is 0 Å². The summed E-state index contributed by atoms with van der Waals surface area (Å²) in [7, 11) is 1.56. The third-order valence-corrected chi connectivity index (χ3v) is 4.38. The Morgan fingerprint density at radius 3 is 2.59 bits per heavy atom. The second-order valence-corrected chi connectivity index (χ2v) is 6.19. The predicted octanol–water partition coefficient (Wildman–Crippen LogP) is 3.18. The average Bonchev–Trinajstić information content (AvgIpc) is 3.16. The van der Waals surface area contributed by atoms with Gasteiger partial charge in [0, 0.05) is 17.3 Å². The van der Waals surface area contributed by atoms with Gasteiger partial charge in [-0.05, 0) is 24.1 Å². The lowest BCUT2D eigenvalue weighted by molar-refractivity contribution is -0.118. The van der Waals surface area contributed by atoms with Crippen LogP contribution in [-0.2, 0) is 17.8 Å². The summed E-state index contributed by atoms with van der Waals surface area (Å²) in [6, 6.07) is 17.1. The van der Waals surface area contributed by atoms with Crippen LogP contribution < -0.4 is 15.2 Å². The number of nitrogens with one attached hydrogen (secondary N) is 1. The molecular formula is C21H23N3O3. The lowest BCUT2D eigenvalue weighted by Crippen LogP contribution is -2.23. The van der Waals surface area contributed by atoms with Crippen LogP contribution in [-0.4, -0.2) is 23.2 Å². The van der Waals surface area contributed by atoms with Gasteiger partial charge in [-0.3, -0.25) is 9.89 Å². The van der Waals surface area contributed by atoms with Crippen molar-refractivity contribution >= 4 is 5.91 Å². The summed E-state index contributed by atoms with van der Waals surface area (Å²) < 4.78 is 11.3. The van der Waals surface area contributed by atoms with Gasteiger partial charge in [0.2, 0.25) is 5.91 Å². The van der Waals surface area contributed by atoms with Crippen molar-refractivity contribution < 1.29 is 14.3 Å². The van der Waals surface area contributed by atoms with Crippen molar-refractivity contribution in [1.82, 2.24) is 10.2 Å². The number of carbonyl (C=O) groups is 1. The van der Waals surface area contributed by atoms with E-state index in [1.165, 1.54) is 0 Å². The minimum absolute atomic E-state index is 0.446. The SMILES string of the molecule is CCc1cc(C(C(N)=O)c2ccc(OCc3ccccc3)cc2OC)n[nH]1. The second-order valence-electron chi connectivity index (χ2n) is 6.19.